The van der Waals surface area contributed by atoms with Crippen molar-refractivity contribution in [2.45, 2.75) is 25.8 Å². The Bertz CT molecular complexity index is 143. The highest BCUT2D eigenvalue weighted by Crippen LogP contribution is 1.91. The fourth-order valence-corrected chi connectivity index (χ4v) is 1.34. The minimum atomic E-state index is 0.560. The minimum Gasteiger partial charge on any atom is -0.385 e. The first kappa shape index (κ1) is 15.8. The Kier molecular flexibility index (Phi) is 11.2. The molecule has 98 valence electrons. The first-order valence-corrected chi connectivity index (χ1v) is 6.11. The van der Waals surface area contributed by atoms with Crippen LogP contribution in [-0.2, 0) is 9.47 Å². The third-order valence-corrected chi connectivity index (χ3v) is 2.39. The van der Waals surface area contributed by atoms with E-state index in [4.69, 9.17) is 9.47 Å². The van der Waals surface area contributed by atoms with Crippen LogP contribution in [0, 0.1) is 0 Å². The molecule has 0 amide bonds. The maximum absolute atomic E-state index is 5.46. The van der Waals surface area contributed by atoms with Gasteiger partial charge in [-0.15, -0.1) is 0 Å². The van der Waals surface area contributed by atoms with Crippen LogP contribution < -0.4 is 5.32 Å². The van der Waals surface area contributed by atoms with Crippen LogP contribution in [0.15, 0.2) is 0 Å². The van der Waals surface area contributed by atoms with Crippen LogP contribution >= 0.6 is 0 Å². The van der Waals surface area contributed by atoms with Gasteiger partial charge in [0.1, 0.15) is 0 Å². The highest BCUT2D eigenvalue weighted by Gasteiger charge is 2.01. The van der Waals surface area contributed by atoms with E-state index >= 15 is 0 Å². The number of rotatable bonds is 11. The van der Waals surface area contributed by atoms with Gasteiger partial charge in [-0.25, -0.2) is 0 Å². The second kappa shape index (κ2) is 11.3. The summed E-state index contributed by atoms with van der Waals surface area (Å²) in [5.41, 5.74) is 0. The lowest BCUT2D eigenvalue weighted by Crippen LogP contribution is -2.32. The van der Waals surface area contributed by atoms with Crippen molar-refractivity contribution < 1.29 is 9.47 Å². The Balaban J connectivity index is 3.12. The van der Waals surface area contributed by atoms with E-state index < -0.39 is 0 Å². The lowest BCUT2D eigenvalue weighted by molar-refractivity contribution is 0.103. The zero-order valence-electron chi connectivity index (χ0n) is 11.3. The molecule has 0 aliphatic carbocycles. The molecule has 0 aliphatic rings. The number of nitrogens with zero attached hydrogens (tertiary/aromatic N) is 1. The number of nitrogens with one attached hydrogen (secondary N) is 1. The molecule has 0 bridgehead atoms. The molecule has 16 heavy (non-hydrogen) atoms. The van der Waals surface area contributed by atoms with E-state index in [2.05, 4.69) is 31.2 Å². The molecular weight excluding hydrogens is 204 g/mol. The van der Waals surface area contributed by atoms with Gasteiger partial charge in [0.05, 0.1) is 6.61 Å². The van der Waals surface area contributed by atoms with E-state index in [9.17, 15) is 0 Å². The molecule has 4 nitrogen and oxygen atoms in total. The van der Waals surface area contributed by atoms with Gasteiger partial charge in [0.25, 0.3) is 0 Å². The SMILES string of the molecule is COCCCOCCNC(C)CCN(C)C. The van der Waals surface area contributed by atoms with Crippen LogP contribution in [0.3, 0.4) is 0 Å². The Hall–Kier alpha value is -0.160. The normalized spacial score (nSPS) is 13.3. The van der Waals surface area contributed by atoms with Crippen LogP contribution in [0.2, 0.25) is 0 Å². The summed E-state index contributed by atoms with van der Waals surface area (Å²) >= 11 is 0. The van der Waals surface area contributed by atoms with Gasteiger partial charge in [0, 0.05) is 32.9 Å². The fraction of sp³-hybridized carbons (Fsp3) is 1.00. The molecular formula is C12H28N2O2. The zero-order chi connectivity index (χ0) is 12.2. The Labute approximate surface area is 100 Å². The summed E-state index contributed by atoms with van der Waals surface area (Å²) in [6.45, 7) is 6.64. The fourth-order valence-electron chi connectivity index (χ4n) is 1.34. The zero-order valence-corrected chi connectivity index (χ0v) is 11.3. The van der Waals surface area contributed by atoms with Crippen LogP contribution in [0.4, 0.5) is 0 Å². The van der Waals surface area contributed by atoms with Crippen molar-refractivity contribution >= 4 is 0 Å². The van der Waals surface area contributed by atoms with E-state index in [0.717, 1.165) is 39.3 Å². The summed E-state index contributed by atoms with van der Waals surface area (Å²) in [7, 11) is 5.92. The molecule has 0 aromatic rings. The number of hydrogen-bond donors (Lipinski definition) is 1. The average molecular weight is 232 g/mol. The Morgan fingerprint density at radius 2 is 1.94 bits per heavy atom. The predicted octanol–water partition coefficient (Wildman–Crippen LogP) is 0.969. The molecule has 1 atom stereocenters. The maximum Gasteiger partial charge on any atom is 0.0591 e. The van der Waals surface area contributed by atoms with E-state index in [1.165, 1.54) is 6.42 Å². The second-order valence-corrected chi connectivity index (χ2v) is 4.41. The van der Waals surface area contributed by atoms with Crippen molar-refractivity contribution in [3.05, 3.63) is 0 Å². The van der Waals surface area contributed by atoms with Gasteiger partial charge in [-0.2, -0.15) is 0 Å². The first-order valence-electron chi connectivity index (χ1n) is 6.11. The number of hydrogen-bond acceptors (Lipinski definition) is 4. The van der Waals surface area contributed by atoms with Gasteiger partial charge < -0.3 is 19.7 Å². The van der Waals surface area contributed by atoms with E-state index in [1.807, 2.05) is 0 Å². The van der Waals surface area contributed by atoms with Gasteiger partial charge in [0.2, 0.25) is 0 Å². The smallest absolute Gasteiger partial charge is 0.0591 e. The number of methoxy groups -OCH3 is 1. The van der Waals surface area contributed by atoms with Crippen LogP contribution in [0.25, 0.3) is 0 Å². The van der Waals surface area contributed by atoms with Crippen molar-refractivity contribution in [1.82, 2.24) is 10.2 Å². The standard InChI is InChI=1S/C12H28N2O2/c1-12(6-8-14(2)3)13-7-11-16-10-5-9-15-4/h12-13H,5-11H2,1-4H3. The molecule has 0 aliphatic heterocycles. The molecule has 0 aromatic carbocycles. The Morgan fingerprint density at radius 3 is 2.56 bits per heavy atom. The highest BCUT2D eigenvalue weighted by atomic mass is 16.5. The molecule has 0 heterocycles. The quantitative estimate of drug-likeness (QED) is 0.538. The summed E-state index contributed by atoms with van der Waals surface area (Å²) in [5.74, 6) is 0. The van der Waals surface area contributed by atoms with Gasteiger partial charge in [-0.05, 0) is 40.4 Å². The van der Waals surface area contributed by atoms with Crippen LogP contribution in [0.5, 0.6) is 0 Å². The molecule has 0 fully saturated rings. The van der Waals surface area contributed by atoms with Crippen LogP contribution in [0.1, 0.15) is 19.8 Å². The molecule has 1 N–H and O–H groups in total. The molecule has 0 spiro atoms. The lowest BCUT2D eigenvalue weighted by atomic mass is 10.2. The second-order valence-electron chi connectivity index (χ2n) is 4.41. The molecule has 1 unspecified atom stereocenters. The lowest BCUT2D eigenvalue weighted by Gasteiger charge is -2.16. The molecule has 0 saturated heterocycles. The monoisotopic (exact) mass is 232 g/mol. The van der Waals surface area contributed by atoms with E-state index in [-0.39, 0.29) is 0 Å². The van der Waals surface area contributed by atoms with Crippen molar-refractivity contribution in [3.8, 4) is 0 Å². The Morgan fingerprint density at radius 1 is 1.19 bits per heavy atom. The van der Waals surface area contributed by atoms with E-state index in [1.54, 1.807) is 7.11 Å². The summed E-state index contributed by atoms with van der Waals surface area (Å²) in [5, 5.41) is 3.45. The summed E-state index contributed by atoms with van der Waals surface area (Å²) < 4.78 is 10.4. The largest absolute Gasteiger partial charge is 0.385 e. The minimum absolute atomic E-state index is 0.560. The first-order chi connectivity index (χ1) is 7.66. The summed E-state index contributed by atoms with van der Waals surface area (Å²) in [6.07, 6.45) is 2.16. The summed E-state index contributed by atoms with van der Waals surface area (Å²) in [6, 6.07) is 0.560. The summed E-state index contributed by atoms with van der Waals surface area (Å²) in [4.78, 5) is 2.21. The molecule has 0 saturated carbocycles. The number of ether oxygens (including phenoxy) is 2. The average Bonchev–Trinajstić information content (AvgIpc) is 2.25. The topological polar surface area (TPSA) is 33.7 Å². The molecule has 0 radical (unpaired) electrons. The highest BCUT2D eigenvalue weighted by molar-refractivity contribution is 4.61. The van der Waals surface area contributed by atoms with Crippen molar-refractivity contribution in [2.24, 2.45) is 0 Å². The third kappa shape index (κ3) is 11.9. The van der Waals surface area contributed by atoms with Gasteiger partial charge in [0.15, 0.2) is 0 Å². The third-order valence-electron chi connectivity index (χ3n) is 2.39. The van der Waals surface area contributed by atoms with Crippen molar-refractivity contribution in [1.29, 1.82) is 0 Å². The molecule has 0 aromatic heterocycles. The van der Waals surface area contributed by atoms with E-state index in [0.29, 0.717) is 6.04 Å². The predicted molar refractivity (Wildman–Crippen MR) is 67.9 cm³/mol. The van der Waals surface area contributed by atoms with Gasteiger partial charge >= 0.3 is 0 Å². The molecule has 0 rings (SSSR count). The van der Waals surface area contributed by atoms with Crippen molar-refractivity contribution in [3.63, 3.8) is 0 Å². The van der Waals surface area contributed by atoms with Gasteiger partial charge in [-0.3, -0.25) is 0 Å². The maximum atomic E-state index is 5.46. The van der Waals surface area contributed by atoms with Crippen LogP contribution in [-0.4, -0.2) is 65.1 Å². The van der Waals surface area contributed by atoms with Gasteiger partial charge in [-0.1, -0.05) is 0 Å². The molecule has 4 heteroatoms. The van der Waals surface area contributed by atoms with Crippen molar-refractivity contribution in [2.75, 3.05) is 54.1 Å².